The van der Waals surface area contributed by atoms with E-state index in [0.29, 0.717) is 30.8 Å². The van der Waals surface area contributed by atoms with Crippen molar-refractivity contribution in [1.82, 2.24) is 15.1 Å². The van der Waals surface area contributed by atoms with Crippen LogP contribution in [0.1, 0.15) is 28.2 Å². The average Bonchev–Trinajstić information content (AvgIpc) is 2.67. The van der Waals surface area contributed by atoms with Crippen molar-refractivity contribution in [3.63, 3.8) is 0 Å². The highest BCUT2D eigenvalue weighted by Crippen LogP contribution is 2.15. The number of aliphatic hydroxyl groups excluding tert-OH is 1. The van der Waals surface area contributed by atoms with Crippen LogP contribution in [0.25, 0.3) is 0 Å². The molecule has 1 aromatic rings. The van der Waals surface area contributed by atoms with Crippen LogP contribution in [0.5, 0.6) is 0 Å². The number of aryl methyl sites for hydroxylation is 2. The fraction of sp³-hybridized carbons (Fsp3) is 0.545. The zero-order valence-electron chi connectivity index (χ0n) is 9.47. The molecule has 2 heterocycles. The zero-order valence-corrected chi connectivity index (χ0v) is 9.47. The zero-order chi connectivity index (χ0) is 11.7. The fourth-order valence-electron chi connectivity index (χ4n) is 1.86. The Hall–Kier alpha value is -1.49. The third-order valence-corrected chi connectivity index (χ3v) is 2.78. The van der Waals surface area contributed by atoms with Crippen LogP contribution in [0.4, 0.5) is 0 Å². The summed E-state index contributed by atoms with van der Waals surface area (Å²) < 4.78 is 0. The molecule has 1 aliphatic rings. The summed E-state index contributed by atoms with van der Waals surface area (Å²) in [5.74, 6) is -0.0629. The minimum absolute atomic E-state index is 0.0629. The number of aliphatic hydroxyl groups is 1. The molecule has 86 valence electrons. The van der Waals surface area contributed by atoms with Gasteiger partial charge in [0.15, 0.2) is 0 Å². The molecule has 0 bridgehead atoms. The Morgan fingerprint density at radius 3 is 2.88 bits per heavy atom. The van der Waals surface area contributed by atoms with Gasteiger partial charge in [0.25, 0.3) is 5.91 Å². The minimum atomic E-state index is -0.389. The molecule has 0 radical (unpaired) electrons. The quantitative estimate of drug-likeness (QED) is 0.740. The van der Waals surface area contributed by atoms with Gasteiger partial charge in [-0.05, 0) is 26.3 Å². The lowest BCUT2D eigenvalue weighted by atomic mass is 10.2. The molecule has 1 unspecified atom stereocenters. The molecule has 1 N–H and O–H groups in total. The first-order valence-electron chi connectivity index (χ1n) is 5.36. The van der Waals surface area contributed by atoms with Crippen LogP contribution in [0.15, 0.2) is 6.07 Å². The molecule has 1 aromatic heterocycles. The highest BCUT2D eigenvalue weighted by molar-refractivity contribution is 5.95. The standard InChI is InChI=1S/C11H15N3O2/c1-7-5-10(8(2)13-12-7)11(16)14-4-3-9(15)6-14/h5,9,15H,3-4,6H2,1-2H3. The molecule has 16 heavy (non-hydrogen) atoms. The van der Waals surface area contributed by atoms with Crippen LogP contribution in [0.2, 0.25) is 0 Å². The number of carbonyl (C=O) groups is 1. The Morgan fingerprint density at radius 2 is 2.25 bits per heavy atom. The molecule has 1 aliphatic heterocycles. The molecule has 1 amide bonds. The summed E-state index contributed by atoms with van der Waals surface area (Å²) in [6.07, 6.45) is 0.266. The molecule has 5 nitrogen and oxygen atoms in total. The summed E-state index contributed by atoms with van der Waals surface area (Å²) in [4.78, 5) is 13.8. The van der Waals surface area contributed by atoms with E-state index < -0.39 is 0 Å². The summed E-state index contributed by atoms with van der Waals surface area (Å²) in [7, 11) is 0. The number of carbonyl (C=O) groups excluding carboxylic acids is 1. The van der Waals surface area contributed by atoms with Crippen molar-refractivity contribution >= 4 is 5.91 Å². The van der Waals surface area contributed by atoms with Crippen molar-refractivity contribution < 1.29 is 9.90 Å². The number of hydrogen-bond donors (Lipinski definition) is 1. The molecule has 0 aliphatic carbocycles. The predicted molar refractivity (Wildman–Crippen MR) is 58.0 cm³/mol. The van der Waals surface area contributed by atoms with Gasteiger partial charge in [-0.3, -0.25) is 4.79 Å². The molecule has 0 saturated carbocycles. The molecular formula is C11H15N3O2. The van der Waals surface area contributed by atoms with Crippen LogP contribution >= 0.6 is 0 Å². The van der Waals surface area contributed by atoms with Gasteiger partial charge in [-0.1, -0.05) is 0 Å². The van der Waals surface area contributed by atoms with E-state index >= 15 is 0 Å². The van der Waals surface area contributed by atoms with E-state index in [2.05, 4.69) is 10.2 Å². The van der Waals surface area contributed by atoms with Gasteiger partial charge in [0.2, 0.25) is 0 Å². The maximum Gasteiger partial charge on any atom is 0.255 e. The number of β-amino-alcohol motifs (C(OH)–C–C–N with tert-alkyl or cyclic N) is 1. The highest BCUT2D eigenvalue weighted by Gasteiger charge is 2.26. The lowest BCUT2D eigenvalue weighted by Gasteiger charge is -2.16. The van der Waals surface area contributed by atoms with Gasteiger partial charge in [0.05, 0.1) is 23.1 Å². The van der Waals surface area contributed by atoms with E-state index in [1.54, 1.807) is 17.9 Å². The number of hydrogen-bond acceptors (Lipinski definition) is 4. The smallest absolute Gasteiger partial charge is 0.255 e. The fourth-order valence-corrected chi connectivity index (χ4v) is 1.86. The normalized spacial score (nSPS) is 20.2. The van der Waals surface area contributed by atoms with E-state index in [1.807, 2.05) is 6.92 Å². The van der Waals surface area contributed by atoms with E-state index in [4.69, 9.17) is 0 Å². The second-order valence-electron chi connectivity index (χ2n) is 4.18. The molecule has 1 atom stereocenters. The predicted octanol–water partition coefficient (Wildman–Crippen LogP) is 0.300. The van der Waals surface area contributed by atoms with Gasteiger partial charge in [-0.15, -0.1) is 0 Å². The van der Waals surface area contributed by atoms with Gasteiger partial charge in [-0.2, -0.15) is 10.2 Å². The third kappa shape index (κ3) is 2.04. The number of likely N-dealkylation sites (tertiary alicyclic amines) is 1. The lowest BCUT2D eigenvalue weighted by molar-refractivity contribution is 0.0763. The monoisotopic (exact) mass is 221 g/mol. The SMILES string of the molecule is Cc1cc(C(=O)N2CCC(O)C2)c(C)nn1. The Balaban J connectivity index is 2.23. The van der Waals surface area contributed by atoms with Crippen molar-refractivity contribution in [2.24, 2.45) is 0 Å². The summed E-state index contributed by atoms with van der Waals surface area (Å²) in [5.41, 5.74) is 1.95. The molecule has 1 fully saturated rings. The Kier molecular flexibility index (Phi) is 2.87. The number of rotatable bonds is 1. The second kappa shape index (κ2) is 4.17. The molecule has 5 heteroatoms. The highest BCUT2D eigenvalue weighted by atomic mass is 16.3. The molecule has 2 rings (SSSR count). The summed E-state index contributed by atoms with van der Waals surface area (Å²) in [6.45, 7) is 4.61. The summed E-state index contributed by atoms with van der Waals surface area (Å²) in [5, 5.41) is 17.2. The largest absolute Gasteiger partial charge is 0.391 e. The van der Waals surface area contributed by atoms with Crippen LogP contribution in [-0.2, 0) is 0 Å². The third-order valence-electron chi connectivity index (χ3n) is 2.78. The van der Waals surface area contributed by atoms with Crippen molar-refractivity contribution in [1.29, 1.82) is 0 Å². The van der Waals surface area contributed by atoms with Gasteiger partial charge < -0.3 is 10.0 Å². The number of nitrogens with zero attached hydrogens (tertiary/aromatic N) is 3. The van der Waals surface area contributed by atoms with Gasteiger partial charge >= 0.3 is 0 Å². The first-order chi connectivity index (χ1) is 7.58. The van der Waals surface area contributed by atoms with Crippen molar-refractivity contribution in [2.45, 2.75) is 26.4 Å². The van der Waals surface area contributed by atoms with Crippen LogP contribution < -0.4 is 0 Å². The van der Waals surface area contributed by atoms with Gasteiger partial charge in [0, 0.05) is 13.1 Å². The van der Waals surface area contributed by atoms with Crippen molar-refractivity contribution in [2.75, 3.05) is 13.1 Å². The van der Waals surface area contributed by atoms with Crippen LogP contribution in [0.3, 0.4) is 0 Å². The first kappa shape index (κ1) is 11.0. The number of aromatic nitrogens is 2. The molecular weight excluding hydrogens is 206 g/mol. The Morgan fingerprint density at radius 1 is 1.50 bits per heavy atom. The van der Waals surface area contributed by atoms with Crippen LogP contribution in [0, 0.1) is 13.8 Å². The average molecular weight is 221 g/mol. The van der Waals surface area contributed by atoms with Crippen molar-refractivity contribution in [3.8, 4) is 0 Å². The van der Waals surface area contributed by atoms with E-state index in [-0.39, 0.29) is 12.0 Å². The first-order valence-corrected chi connectivity index (χ1v) is 5.36. The van der Waals surface area contributed by atoms with E-state index in [0.717, 1.165) is 5.69 Å². The van der Waals surface area contributed by atoms with Crippen LogP contribution in [-0.4, -0.2) is 45.3 Å². The Bertz CT molecular complexity index is 420. The topological polar surface area (TPSA) is 66.3 Å². The second-order valence-corrected chi connectivity index (χ2v) is 4.18. The maximum atomic E-state index is 12.1. The van der Waals surface area contributed by atoms with E-state index in [1.165, 1.54) is 0 Å². The summed E-state index contributed by atoms with van der Waals surface area (Å²) >= 11 is 0. The lowest BCUT2D eigenvalue weighted by Crippen LogP contribution is -2.30. The minimum Gasteiger partial charge on any atom is -0.391 e. The Labute approximate surface area is 94.1 Å². The number of amides is 1. The molecule has 0 spiro atoms. The molecule has 1 saturated heterocycles. The summed E-state index contributed by atoms with van der Waals surface area (Å²) in [6, 6.07) is 1.75. The van der Waals surface area contributed by atoms with E-state index in [9.17, 15) is 9.90 Å². The van der Waals surface area contributed by atoms with Gasteiger partial charge in [-0.25, -0.2) is 0 Å². The molecule has 0 aromatic carbocycles. The van der Waals surface area contributed by atoms with Gasteiger partial charge in [0.1, 0.15) is 0 Å². The maximum absolute atomic E-state index is 12.1. The van der Waals surface area contributed by atoms with Crippen molar-refractivity contribution in [3.05, 3.63) is 23.0 Å².